The van der Waals surface area contributed by atoms with Crippen molar-refractivity contribution in [2.45, 2.75) is 19.8 Å². The molecule has 1 N–H and O–H groups in total. The van der Waals surface area contributed by atoms with Crippen molar-refractivity contribution in [2.24, 2.45) is 0 Å². The smallest absolute Gasteiger partial charge is 0.231 e. The van der Waals surface area contributed by atoms with E-state index in [2.05, 4.69) is 5.32 Å². The lowest BCUT2D eigenvalue weighted by atomic mass is 9.93. The summed E-state index contributed by atoms with van der Waals surface area (Å²) in [5, 5.41) is 3.18. The molecule has 17 heavy (non-hydrogen) atoms. The Labute approximate surface area is 100 Å². The molecule has 1 aliphatic carbocycles. The normalized spacial score (nSPS) is 23.9. The minimum Gasteiger partial charge on any atom is -0.494 e. The fraction of sp³-hybridized carbons (Fsp3) is 0.385. The number of methoxy groups -OCH3 is 1. The molecule has 1 heterocycles. The molecule has 0 saturated heterocycles. The molecule has 0 fully saturated rings. The maximum atomic E-state index is 11.8. The predicted molar refractivity (Wildman–Crippen MR) is 63.1 cm³/mol. The molecule has 2 aliphatic rings. The lowest BCUT2D eigenvalue weighted by molar-refractivity contribution is -0.132. The van der Waals surface area contributed by atoms with Crippen LogP contribution in [0.3, 0.4) is 0 Å². The van der Waals surface area contributed by atoms with Gasteiger partial charge in [0.05, 0.1) is 12.8 Å². The first-order valence-corrected chi connectivity index (χ1v) is 5.61. The van der Waals surface area contributed by atoms with Crippen LogP contribution in [-0.4, -0.2) is 25.2 Å². The minimum atomic E-state index is -0.506. The average molecular weight is 233 g/mol. The van der Waals surface area contributed by atoms with Crippen LogP contribution < -0.4 is 5.32 Å². The van der Waals surface area contributed by atoms with Gasteiger partial charge in [0.15, 0.2) is 0 Å². The van der Waals surface area contributed by atoms with Gasteiger partial charge in [0, 0.05) is 18.2 Å². The van der Waals surface area contributed by atoms with E-state index in [1.54, 1.807) is 0 Å². The lowest BCUT2D eigenvalue weighted by Gasteiger charge is -2.22. The third-order valence-corrected chi connectivity index (χ3v) is 3.00. The van der Waals surface area contributed by atoms with Crippen LogP contribution in [0, 0.1) is 0 Å². The maximum absolute atomic E-state index is 11.8. The molecule has 0 bridgehead atoms. The Balaban J connectivity index is 2.45. The first-order chi connectivity index (χ1) is 8.13. The Morgan fingerprint density at radius 1 is 1.35 bits per heavy atom. The van der Waals surface area contributed by atoms with E-state index in [9.17, 15) is 9.59 Å². The molecule has 0 spiro atoms. The second-order valence-corrected chi connectivity index (χ2v) is 4.19. The number of carbonyl (C=O) groups excluding carboxylic acids is 2. The van der Waals surface area contributed by atoms with E-state index in [0.29, 0.717) is 23.5 Å². The van der Waals surface area contributed by atoms with Gasteiger partial charge in [-0.3, -0.25) is 9.59 Å². The second kappa shape index (κ2) is 4.57. The molecule has 0 saturated carbocycles. The number of rotatable bonds is 1. The number of Topliss-reactive ketones (excluding diaryl/α,β-unsaturated/α-hetero) is 1. The zero-order valence-electron chi connectivity index (χ0n) is 10.0. The van der Waals surface area contributed by atoms with Gasteiger partial charge in [0.25, 0.3) is 0 Å². The molecule has 4 heteroatoms. The Morgan fingerprint density at radius 3 is 2.82 bits per heavy atom. The highest BCUT2D eigenvalue weighted by molar-refractivity contribution is 6.48. The van der Waals surface area contributed by atoms with Gasteiger partial charge in [-0.2, -0.15) is 0 Å². The van der Waals surface area contributed by atoms with Crippen LogP contribution >= 0.6 is 0 Å². The van der Waals surface area contributed by atoms with Gasteiger partial charge in [-0.25, -0.2) is 0 Å². The molecule has 1 aliphatic heterocycles. The molecule has 0 atom stereocenters. The summed E-state index contributed by atoms with van der Waals surface area (Å²) in [6.45, 7) is 2.76. The van der Waals surface area contributed by atoms with E-state index in [1.165, 1.54) is 18.8 Å². The standard InChI is InChI=1S/C13H15NO3/c1-8-3-4-9-12(14-6-5-8)11(17-2)7-10(15)13(9)16/h3,7,14H,4-6H2,1-2H3/b8-3-. The SMILES string of the molecule is COC1=CC(=O)C(=O)C2=C1NCC/C(C)=C\C2. The van der Waals surface area contributed by atoms with Crippen LogP contribution in [-0.2, 0) is 14.3 Å². The molecule has 0 unspecified atom stereocenters. The van der Waals surface area contributed by atoms with Gasteiger partial charge in [-0.15, -0.1) is 0 Å². The van der Waals surface area contributed by atoms with Crippen LogP contribution in [0.4, 0.5) is 0 Å². The van der Waals surface area contributed by atoms with Crippen LogP contribution in [0.15, 0.2) is 34.8 Å². The summed E-state index contributed by atoms with van der Waals surface area (Å²) in [5.41, 5.74) is 2.40. The van der Waals surface area contributed by atoms with Gasteiger partial charge in [0.1, 0.15) is 5.76 Å². The monoisotopic (exact) mass is 233 g/mol. The molecule has 2 rings (SSSR count). The fourth-order valence-corrected chi connectivity index (χ4v) is 1.98. The van der Waals surface area contributed by atoms with Crippen molar-refractivity contribution in [2.75, 3.05) is 13.7 Å². The highest BCUT2D eigenvalue weighted by Gasteiger charge is 2.29. The summed E-state index contributed by atoms with van der Waals surface area (Å²) >= 11 is 0. The molecule has 0 aromatic rings. The van der Waals surface area contributed by atoms with Crippen molar-refractivity contribution in [3.63, 3.8) is 0 Å². The quantitative estimate of drug-likeness (QED) is 0.421. The molecule has 0 radical (unpaired) electrons. The maximum Gasteiger partial charge on any atom is 0.231 e. The predicted octanol–water partition coefficient (Wildman–Crippen LogP) is 1.25. The number of ketones is 2. The van der Waals surface area contributed by atoms with Crippen molar-refractivity contribution in [1.82, 2.24) is 5.32 Å². The summed E-state index contributed by atoms with van der Waals surface area (Å²) in [4.78, 5) is 23.3. The van der Waals surface area contributed by atoms with E-state index in [-0.39, 0.29) is 0 Å². The largest absolute Gasteiger partial charge is 0.494 e. The lowest BCUT2D eigenvalue weighted by Crippen LogP contribution is -2.30. The Bertz CT molecular complexity index is 469. The fourth-order valence-electron chi connectivity index (χ4n) is 1.98. The van der Waals surface area contributed by atoms with Crippen molar-refractivity contribution in [3.05, 3.63) is 34.8 Å². The molecule has 4 nitrogen and oxygen atoms in total. The molecule has 0 amide bonds. The van der Waals surface area contributed by atoms with Gasteiger partial charge in [-0.05, 0) is 19.8 Å². The number of hydrogen-bond acceptors (Lipinski definition) is 4. The van der Waals surface area contributed by atoms with E-state index < -0.39 is 11.6 Å². The van der Waals surface area contributed by atoms with Crippen molar-refractivity contribution >= 4 is 11.6 Å². The first-order valence-electron chi connectivity index (χ1n) is 5.61. The molecule has 0 aromatic heterocycles. The molecular formula is C13H15NO3. The Morgan fingerprint density at radius 2 is 2.12 bits per heavy atom. The third-order valence-electron chi connectivity index (χ3n) is 3.00. The van der Waals surface area contributed by atoms with Crippen LogP contribution in [0.25, 0.3) is 0 Å². The van der Waals surface area contributed by atoms with Gasteiger partial charge < -0.3 is 10.1 Å². The number of allylic oxidation sites excluding steroid dienone is 3. The molecule has 0 aromatic carbocycles. The van der Waals surface area contributed by atoms with Crippen molar-refractivity contribution < 1.29 is 14.3 Å². The van der Waals surface area contributed by atoms with E-state index in [0.717, 1.165) is 13.0 Å². The van der Waals surface area contributed by atoms with Gasteiger partial charge in [-0.1, -0.05) is 11.6 Å². The summed E-state index contributed by atoms with van der Waals surface area (Å²) in [5.74, 6) is -0.481. The summed E-state index contributed by atoms with van der Waals surface area (Å²) < 4.78 is 5.15. The van der Waals surface area contributed by atoms with Crippen LogP contribution in [0.2, 0.25) is 0 Å². The highest BCUT2D eigenvalue weighted by atomic mass is 16.5. The number of nitrogens with one attached hydrogen (secondary N) is 1. The van der Waals surface area contributed by atoms with Crippen molar-refractivity contribution in [3.8, 4) is 0 Å². The van der Waals surface area contributed by atoms with E-state index in [4.69, 9.17) is 4.74 Å². The molecule has 90 valence electrons. The number of hydrogen-bond donors (Lipinski definition) is 1. The van der Waals surface area contributed by atoms with E-state index in [1.807, 2.05) is 13.0 Å². The Kier molecular flexibility index (Phi) is 3.13. The summed E-state index contributed by atoms with van der Waals surface area (Å²) in [7, 11) is 1.50. The van der Waals surface area contributed by atoms with Gasteiger partial charge in [0.2, 0.25) is 11.6 Å². The summed E-state index contributed by atoms with van der Waals surface area (Å²) in [6, 6.07) is 0. The van der Waals surface area contributed by atoms with Gasteiger partial charge >= 0.3 is 0 Å². The van der Waals surface area contributed by atoms with Crippen LogP contribution in [0.1, 0.15) is 19.8 Å². The van der Waals surface area contributed by atoms with Crippen molar-refractivity contribution in [1.29, 1.82) is 0 Å². The zero-order chi connectivity index (χ0) is 12.4. The number of carbonyl (C=O) groups is 2. The highest BCUT2D eigenvalue weighted by Crippen LogP contribution is 2.24. The minimum absolute atomic E-state index is 0.431. The van der Waals surface area contributed by atoms with E-state index >= 15 is 0 Å². The molecular weight excluding hydrogens is 218 g/mol. The first kappa shape index (κ1) is 11.6. The third kappa shape index (κ3) is 2.16. The number of ether oxygens (including phenoxy) is 1. The second-order valence-electron chi connectivity index (χ2n) is 4.19. The van der Waals surface area contributed by atoms with Crippen LogP contribution in [0.5, 0.6) is 0 Å². The topological polar surface area (TPSA) is 55.4 Å². The average Bonchev–Trinajstić information content (AvgIpc) is 2.29. The summed E-state index contributed by atoms with van der Waals surface area (Å²) in [6.07, 6.45) is 4.67. The zero-order valence-corrected chi connectivity index (χ0v) is 10.0. The Hall–Kier alpha value is -1.84.